The van der Waals surface area contributed by atoms with Gasteiger partial charge in [-0.25, -0.2) is 4.79 Å². The van der Waals surface area contributed by atoms with E-state index < -0.39 is 35.8 Å². The van der Waals surface area contributed by atoms with Crippen molar-refractivity contribution in [3.63, 3.8) is 0 Å². The van der Waals surface area contributed by atoms with Crippen molar-refractivity contribution in [1.82, 2.24) is 0 Å². The minimum atomic E-state index is -3.12. The zero-order valence-electron chi connectivity index (χ0n) is 37.8. The molecule has 1 aliphatic heterocycles. The Labute approximate surface area is 353 Å². The van der Waals surface area contributed by atoms with Gasteiger partial charge in [0.25, 0.3) is 11.4 Å². The molecule has 0 aliphatic carbocycles. The fourth-order valence-corrected chi connectivity index (χ4v) is 12.2. The lowest BCUT2D eigenvalue weighted by molar-refractivity contribution is -0.392. The van der Waals surface area contributed by atoms with Crippen LogP contribution in [0.25, 0.3) is 11.1 Å². The maximum Gasteiger partial charge on any atom is 0.410 e. The van der Waals surface area contributed by atoms with Crippen LogP contribution < -0.4 is 4.43 Å². The molecule has 2 aromatic carbocycles. The summed E-state index contributed by atoms with van der Waals surface area (Å²) in [4.78, 5) is 34.8. The van der Waals surface area contributed by atoms with E-state index in [-0.39, 0.29) is 32.4 Å². The van der Waals surface area contributed by atoms with Crippen molar-refractivity contribution in [2.45, 2.75) is 156 Å². The summed E-state index contributed by atoms with van der Waals surface area (Å²) in [5.74, 6) is -0.428. The molecule has 0 N–H and O–H groups in total. The Kier molecular flexibility index (Phi) is 17.2. The molecule has 0 saturated carbocycles. The molecule has 1 atom stereocenters. The van der Waals surface area contributed by atoms with E-state index in [4.69, 9.17) is 13.6 Å². The minimum Gasteiger partial charge on any atom is -0.520 e. The second kappa shape index (κ2) is 20.7. The minimum absolute atomic E-state index is 0.0739. The number of nitrogens with zero attached hydrogens (tertiary/aromatic N) is 2. The first-order chi connectivity index (χ1) is 27.4. The highest BCUT2D eigenvalue weighted by molar-refractivity contribution is 6.74. The number of benzene rings is 2. The molecule has 2 aromatic rings. The summed E-state index contributed by atoms with van der Waals surface area (Å²) in [6.45, 7) is 26.2. The van der Waals surface area contributed by atoms with Crippen LogP contribution in [0, 0.1) is 20.2 Å². The van der Waals surface area contributed by atoms with Gasteiger partial charge in [0.2, 0.25) is 0 Å². The van der Waals surface area contributed by atoms with Crippen molar-refractivity contribution in [2.24, 2.45) is 0 Å². The Morgan fingerprint density at radius 3 is 1.58 bits per heavy atom. The Hall–Kier alpha value is -4.39. The van der Waals surface area contributed by atoms with Gasteiger partial charge in [-0.3, -0.25) is 20.2 Å². The van der Waals surface area contributed by atoms with E-state index in [1.807, 2.05) is 0 Å². The number of carbonyl (C=O) groups is 1. The summed E-state index contributed by atoms with van der Waals surface area (Å²) in [7, 11) is -2.02. The highest BCUT2D eigenvalue weighted by Gasteiger charge is 2.60. The molecule has 12 heteroatoms. The zero-order chi connectivity index (χ0) is 44.3. The number of hydrogen-bond acceptors (Lipinski definition) is 9. The van der Waals surface area contributed by atoms with Gasteiger partial charge in [-0.1, -0.05) is 100 Å². The van der Waals surface area contributed by atoms with Crippen LogP contribution in [0.1, 0.15) is 145 Å². The summed E-state index contributed by atoms with van der Waals surface area (Å²) >= 11 is 0. The van der Waals surface area contributed by atoms with Crippen LogP contribution in [-0.4, -0.2) is 49.8 Å². The predicted octanol–water partition coefficient (Wildman–Crippen LogP) is 13.5. The molecule has 0 spiro atoms. The first-order valence-electron chi connectivity index (χ1n) is 20.7. The number of nitro benzene ring substituents is 2. The summed E-state index contributed by atoms with van der Waals surface area (Å²) < 4.78 is 24.1. The number of nitro groups is 2. The predicted molar refractivity (Wildman–Crippen MR) is 239 cm³/mol. The van der Waals surface area contributed by atoms with Gasteiger partial charge in [-0.05, 0) is 111 Å². The van der Waals surface area contributed by atoms with Gasteiger partial charge in [-0.15, -0.1) is 0 Å². The van der Waals surface area contributed by atoms with E-state index >= 15 is 0 Å². The number of carbonyl (C=O) groups excluding carboxylic acids is 1. The standard InChI is InChI=1S/C47H68N2O9Si/c1-33(19-15-21-35(3)23-28-42-47(11,12)57-42)17-14-18-34(2)20-16-22-36(4)29-30-56-59(45(5,6)7,46(8,9)10)58-39-26-24-37(25-27-39)43-40(48(51)52)31-38(44(50)55-13)32-41(43)49(53)54/h17,20-21,24-27,29,31-32,42H,14-16,18-19,22-23,28,30H2,1-13H3/b33-17+,34-20+,35-21+,36-29+. The van der Waals surface area contributed by atoms with E-state index in [0.717, 1.165) is 70.6 Å². The highest BCUT2D eigenvalue weighted by Crippen LogP contribution is 2.52. The summed E-state index contributed by atoms with van der Waals surface area (Å²) in [6, 6.07) is 8.40. The number of epoxide rings is 1. The van der Waals surface area contributed by atoms with Gasteiger partial charge in [0.05, 0.1) is 40.8 Å². The van der Waals surface area contributed by atoms with Crippen molar-refractivity contribution < 1.29 is 33.0 Å². The molecule has 0 radical (unpaired) electrons. The van der Waals surface area contributed by atoms with Gasteiger partial charge in [0.1, 0.15) is 11.3 Å². The van der Waals surface area contributed by atoms with E-state index in [9.17, 15) is 25.0 Å². The molecule has 324 valence electrons. The van der Waals surface area contributed by atoms with Gasteiger partial charge < -0.3 is 18.3 Å². The topological polar surface area (TPSA) is 144 Å². The normalized spacial score (nSPS) is 16.5. The summed E-state index contributed by atoms with van der Waals surface area (Å²) in [5.41, 5.74) is 4.18. The largest absolute Gasteiger partial charge is 0.520 e. The van der Waals surface area contributed by atoms with Crippen molar-refractivity contribution in [3.05, 3.63) is 109 Å². The van der Waals surface area contributed by atoms with E-state index in [0.29, 0.717) is 18.5 Å². The van der Waals surface area contributed by atoms with Crippen LogP contribution in [0.3, 0.4) is 0 Å². The number of rotatable bonds is 21. The smallest absolute Gasteiger partial charge is 0.410 e. The van der Waals surface area contributed by atoms with E-state index in [1.54, 1.807) is 24.3 Å². The Morgan fingerprint density at radius 2 is 1.19 bits per heavy atom. The monoisotopic (exact) mass is 832 g/mol. The molecule has 0 aromatic heterocycles. The third-order valence-electron chi connectivity index (χ3n) is 11.1. The lowest BCUT2D eigenvalue weighted by Crippen LogP contribution is -2.60. The zero-order valence-corrected chi connectivity index (χ0v) is 38.8. The van der Waals surface area contributed by atoms with Gasteiger partial charge in [0.15, 0.2) is 0 Å². The maximum atomic E-state index is 12.1. The SMILES string of the molecule is COC(=O)c1cc([N+](=O)[O-])c(-c2ccc(O[Si](OC/C=C(\C)CC/C=C(\C)CC/C=C(\C)CC/C=C(\C)CCC3OC3(C)C)(C(C)(C)C)C(C)(C)C)cc2)c([N+](=O)[O-])c1. The fourth-order valence-electron chi connectivity index (χ4n) is 7.63. The Balaban J connectivity index is 1.64. The summed E-state index contributed by atoms with van der Waals surface area (Å²) in [6.07, 6.45) is 18.0. The fraction of sp³-hybridized carbons (Fsp3) is 0.553. The molecule has 1 aliphatic rings. The van der Waals surface area contributed by atoms with Gasteiger partial charge in [-0.2, -0.15) is 0 Å². The van der Waals surface area contributed by atoms with Crippen molar-refractivity contribution in [3.8, 4) is 16.9 Å². The van der Waals surface area contributed by atoms with Crippen LogP contribution in [0.4, 0.5) is 11.4 Å². The number of hydrogen-bond donors (Lipinski definition) is 0. The second-order valence-electron chi connectivity index (χ2n) is 18.5. The second-order valence-corrected chi connectivity index (χ2v) is 23.2. The lowest BCUT2D eigenvalue weighted by Gasteiger charge is -2.48. The number of methoxy groups -OCH3 is 1. The molecule has 1 fully saturated rings. The van der Waals surface area contributed by atoms with Crippen molar-refractivity contribution in [1.29, 1.82) is 0 Å². The molecule has 1 heterocycles. The number of allylic oxidation sites excluding steroid dienone is 7. The molecule has 11 nitrogen and oxygen atoms in total. The highest BCUT2D eigenvalue weighted by atomic mass is 28.4. The first-order valence-corrected chi connectivity index (χ1v) is 22.5. The van der Waals surface area contributed by atoms with Gasteiger partial charge >= 0.3 is 14.5 Å². The average Bonchev–Trinajstić information content (AvgIpc) is 3.77. The number of esters is 1. The molecular weight excluding hydrogens is 765 g/mol. The van der Waals surface area contributed by atoms with Crippen LogP contribution >= 0.6 is 0 Å². The maximum absolute atomic E-state index is 12.1. The third-order valence-corrected chi connectivity index (χ3v) is 16.1. The Morgan fingerprint density at radius 1 is 0.763 bits per heavy atom. The van der Waals surface area contributed by atoms with Crippen LogP contribution in [0.15, 0.2) is 83.0 Å². The first kappa shape index (κ1) is 49.0. The van der Waals surface area contributed by atoms with Crippen molar-refractivity contribution in [2.75, 3.05) is 13.7 Å². The van der Waals surface area contributed by atoms with Crippen LogP contribution in [0.5, 0.6) is 5.75 Å². The van der Waals surface area contributed by atoms with Crippen molar-refractivity contribution >= 4 is 25.9 Å². The molecule has 0 bridgehead atoms. The van der Waals surface area contributed by atoms with Crippen LogP contribution in [-0.2, 0) is 13.9 Å². The quantitative estimate of drug-likeness (QED) is 0.0300. The molecular formula is C47H68N2O9Si. The summed E-state index contributed by atoms with van der Waals surface area (Å²) in [5, 5.41) is 23.4. The Bertz CT molecular complexity index is 1880. The van der Waals surface area contributed by atoms with Crippen LogP contribution in [0.2, 0.25) is 10.1 Å². The third kappa shape index (κ3) is 13.8. The lowest BCUT2D eigenvalue weighted by atomic mass is 9.99. The molecule has 59 heavy (non-hydrogen) atoms. The molecule has 3 rings (SSSR count). The molecule has 1 saturated heterocycles. The molecule has 0 amide bonds. The van der Waals surface area contributed by atoms with Gasteiger partial charge in [0, 0.05) is 22.2 Å². The number of ether oxygens (including phenoxy) is 2. The molecule has 1 unspecified atom stereocenters. The van der Waals surface area contributed by atoms with E-state index in [1.165, 1.54) is 22.3 Å². The van der Waals surface area contributed by atoms with E-state index in [2.05, 4.69) is 112 Å². The average molecular weight is 833 g/mol.